The van der Waals surface area contributed by atoms with E-state index in [0.29, 0.717) is 17.5 Å². The molecular formula is C61H36N4O. The van der Waals surface area contributed by atoms with E-state index < -0.39 is 0 Å². The van der Waals surface area contributed by atoms with Crippen LogP contribution in [0, 0.1) is 0 Å². The van der Waals surface area contributed by atoms with Crippen molar-refractivity contribution in [3.63, 3.8) is 0 Å². The van der Waals surface area contributed by atoms with Gasteiger partial charge in [-0.05, 0) is 85.7 Å². The van der Waals surface area contributed by atoms with E-state index in [0.717, 1.165) is 77.2 Å². The van der Waals surface area contributed by atoms with Crippen LogP contribution in [0.25, 0.3) is 138 Å². The van der Waals surface area contributed by atoms with E-state index in [-0.39, 0.29) is 0 Å². The third-order valence-corrected chi connectivity index (χ3v) is 13.4. The van der Waals surface area contributed by atoms with Crippen LogP contribution < -0.4 is 0 Å². The minimum absolute atomic E-state index is 0.546. The predicted octanol–water partition coefficient (Wildman–Crippen LogP) is 16.1. The van der Waals surface area contributed by atoms with Crippen LogP contribution in [-0.4, -0.2) is 19.5 Å². The van der Waals surface area contributed by atoms with Gasteiger partial charge in [0.25, 0.3) is 0 Å². The first kappa shape index (κ1) is 36.5. The number of aromatic nitrogens is 4. The summed E-state index contributed by atoms with van der Waals surface area (Å²) in [7, 11) is 0. The minimum atomic E-state index is 0.546. The molecule has 0 saturated carbocycles. The van der Waals surface area contributed by atoms with E-state index in [1.165, 1.54) is 43.1 Å². The molecule has 0 aliphatic heterocycles. The lowest BCUT2D eigenvalue weighted by Crippen LogP contribution is -2.03. The smallest absolute Gasteiger partial charge is 0.167 e. The van der Waals surface area contributed by atoms with Gasteiger partial charge in [-0.3, -0.25) is 0 Å². The Balaban J connectivity index is 1.12. The summed E-state index contributed by atoms with van der Waals surface area (Å²) in [6.07, 6.45) is 0. The van der Waals surface area contributed by atoms with Gasteiger partial charge in [-0.15, -0.1) is 0 Å². The van der Waals surface area contributed by atoms with Crippen LogP contribution in [0.5, 0.6) is 0 Å². The zero-order valence-corrected chi connectivity index (χ0v) is 35.5. The highest BCUT2D eigenvalue weighted by atomic mass is 16.3. The summed E-state index contributed by atoms with van der Waals surface area (Å²) in [5.41, 5.74) is 9.74. The van der Waals surface area contributed by atoms with E-state index in [9.17, 15) is 0 Å². The molecule has 0 amide bonds. The van der Waals surface area contributed by atoms with Gasteiger partial charge in [0.1, 0.15) is 11.2 Å². The fourth-order valence-corrected chi connectivity index (χ4v) is 10.3. The van der Waals surface area contributed by atoms with Crippen LogP contribution in [0.1, 0.15) is 0 Å². The van der Waals surface area contributed by atoms with Crippen molar-refractivity contribution in [1.82, 2.24) is 19.5 Å². The molecule has 0 aliphatic carbocycles. The number of para-hydroxylation sites is 2. The molecule has 11 aromatic carbocycles. The number of hydrogen-bond donors (Lipinski definition) is 0. The first-order valence-corrected chi connectivity index (χ1v) is 22.3. The molecule has 3 aromatic heterocycles. The zero-order valence-electron chi connectivity index (χ0n) is 35.5. The molecule has 14 rings (SSSR count). The molecule has 0 N–H and O–H groups in total. The Kier molecular flexibility index (Phi) is 7.91. The van der Waals surface area contributed by atoms with Gasteiger partial charge in [0.15, 0.2) is 17.5 Å². The molecule has 5 nitrogen and oxygen atoms in total. The molecule has 5 heteroatoms. The van der Waals surface area contributed by atoms with Gasteiger partial charge in [-0.1, -0.05) is 176 Å². The van der Waals surface area contributed by atoms with Crippen molar-refractivity contribution in [3.8, 4) is 51.0 Å². The van der Waals surface area contributed by atoms with Gasteiger partial charge < -0.3 is 8.98 Å². The highest BCUT2D eigenvalue weighted by Gasteiger charge is 2.25. The average Bonchev–Trinajstić information content (AvgIpc) is 3.93. The summed E-state index contributed by atoms with van der Waals surface area (Å²) in [6.45, 7) is 0. The average molecular weight is 841 g/mol. The Hall–Kier alpha value is -8.93. The van der Waals surface area contributed by atoms with Crippen molar-refractivity contribution >= 4 is 86.8 Å². The lowest BCUT2D eigenvalue weighted by Gasteiger charge is -2.20. The fourth-order valence-electron chi connectivity index (χ4n) is 10.3. The third-order valence-electron chi connectivity index (χ3n) is 13.4. The number of fused-ring (bicyclic) bond motifs is 11. The van der Waals surface area contributed by atoms with Crippen molar-refractivity contribution < 1.29 is 4.42 Å². The molecule has 0 aliphatic rings. The van der Waals surface area contributed by atoms with Crippen LogP contribution in [0.4, 0.5) is 0 Å². The maximum Gasteiger partial charge on any atom is 0.167 e. The van der Waals surface area contributed by atoms with E-state index >= 15 is 0 Å². The van der Waals surface area contributed by atoms with Crippen LogP contribution in [0.3, 0.4) is 0 Å². The highest BCUT2D eigenvalue weighted by molar-refractivity contribution is 6.24. The fraction of sp³-hybridized carbons (Fsp3) is 0. The van der Waals surface area contributed by atoms with Crippen molar-refractivity contribution in [2.24, 2.45) is 0 Å². The lowest BCUT2D eigenvalue weighted by molar-refractivity contribution is 0.669. The Morgan fingerprint density at radius 3 is 1.74 bits per heavy atom. The number of furan rings is 1. The monoisotopic (exact) mass is 840 g/mol. The molecule has 0 spiro atoms. The molecule has 0 radical (unpaired) electrons. The van der Waals surface area contributed by atoms with Gasteiger partial charge in [-0.25, -0.2) is 15.0 Å². The second-order valence-electron chi connectivity index (χ2n) is 17.1. The standard InChI is InChI=1S/C61H36N4O/c1-2-17-39(18-3-1)59-62-60(49-27-14-26-48-46-24-12-13-28-55(46)66-58(48)49)64-61(63-59)51-36-50(43-30-29-37-15-4-5-19-40(37)33-43)57(47-25-11-10-23-45(47)51)65-53-32-31-38-16-8-9-22-44(38)56(53)52-34-41-20-6-7-21-42(41)35-54(52)65/h1-36H. The molecule has 0 saturated heterocycles. The molecule has 14 aromatic rings. The second kappa shape index (κ2) is 14.3. The summed E-state index contributed by atoms with van der Waals surface area (Å²) in [4.78, 5) is 16.0. The van der Waals surface area contributed by atoms with E-state index in [2.05, 4.69) is 187 Å². The molecule has 0 atom stereocenters. The molecule has 306 valence electrons. The quantitative estimate of drug-likeness (QED) is 0.173. The van der Waals surface area contributed by atoms with Crippen molar-refractivity contribution in [1.29, 1.82) is 0 Å². The number of rotatable bonds is 5. The predicted molar refractivity (Wildman–Crippen MR) is 273 cm³/mol. The molecular weight excluding hydrogens is 805 g/mol. The van der Waals surface area contributed by atoms with Gasteiger partial charge in [0.05, 0.1) is 22.3 Å². The van der Waals surface area contributed by atoms with Crippen molar-refractivity contribution in [2.75, 3.05) is 0 Å². The number of hydrogen-bond acceptors (Lipinski definition) is 4. The molecule has 66 heavy (non-hydrogen) atoms. The SMILES string of the molecule is c1ccc(-c2nc(-c3cc(-c4ccc5ccccc5c4)c(-n4c5cc6ccccc6cc5c5c6ccccc6ccc54)c4ccccc34)nc(-c3cccc4c3oc3ccccc34)n2)cc1. The van der Waals surface area contributed by atoms with Crippen LogP contribution in [-0.2, 0) is 0 Å². The van der Waals surface area contributed by atoms with E-state index in [1.54, 1.807) is 0 Å². The van der Waals surface area contributed by atoms with Crippen LogP contribution in [0.15, 0.2) is 223 Å². The van der Waals surface area contributed by atoms with Gasteiger partial charge in [-0.2, -0.15) is 0 Å². The second-order valence-corrected chi connectivity index (χ2v) is 17.1. The van der Waals surface area contributed by atoms with E-state index in [1.807, 2.05) is 36.4 Å². The summed E-state index contributed by atoms with van der Waals surface area (Å²) in [5, 5.41) is 13.9. The number of nitrogens with zero attached hydrogens (tertiary/aromatic N) is 4. The van der Waals surface area contributed by atoms with E-state index in [4.69, 9.17) is 19.4 Å². The molecule has 0 fully saturated rings. The van der Waals surface area contributed by atoms with Gasteiger partial charge in [0, 0.05) is 43.6 Å². The molecule has 0 bridgehead atoms. The maximum absolute atomic E-state index is 6.59. The van der Waals surface area contributed by atoms with Crippen molar-refractivity contribution in [2.45, 2.75) is 0 Å². The first-order valence-electron chi connectivity index (χ1n) is 22.3. The summed E-state index contributed by atoms with van der Waals surface area (Å²) in [6, 6.07) is 77.8. The van der Waals surface area contributed by atoms with Crippen molar-refractivity contribution in [3.05, 3.63) is 218 Å². The zero-order chi connectivity index (χ0) is 43.3. The summed E-state index contributed by atoms with van der Waals surface area (Å²) >= 11 is 0. The van der Waals surface area contributed by atoms with Gasteiger partial charge >= 0.3 is 0 Å². The first-order chi connectivity index (χ1) is 32.7. The molecule has 3 heterocycles. The topological polar surface area (TPSA) is 56.7 Å². The Morgan fingerprint density at radius 2 is 0.924 bits per heavy atom. The maximum atomic E-state index is 6.59. The summed E-state index contributed by atoms with van der Waals surface area (Å²) in [5.74, 6) is 1.71. The molecule has 0 unspecified atom stereocenters. The minimum Gasteiger partial charge on any atom is -0.455 e. The van der Waals surface area contributed by atoms with Crippen LogP contribution >= 0.6 is 0 Å². The van der Waals surface area contributed by atoms with Gasteiger partial charge in [0.2, 0.25) is 0 Å². The Morgan fingerprint density at radius 1 is 0.318 bits per heavy atom. The Bertz CT molecular complexity index is 4300. The normalized spacial score (nSPS) is 11.9. The Labute approximate surface area is 378 Å². The lowest BCUT2D eigenvalue weighted by atomic mass is 9.92. The van der Waals surface area contributed by atoms with Crippen LogP contribution in [0.2, 0.25) is 0 Å². The highest BCUT2D eigenvalue weighted by Crippen LogP contribution is 2.46. The third kappa shape index (κ3) is 5.57. The number of benzene rings is 11. The summed E-state index contributed by atoms with van der Waals surface area (Å²) < 4.78 is 9.10. The largest absolute Gasteiger partial charge is 0.455 e.